The zero-order valence-electron chi connectivity index (χ0n) is 12.1. The topological polar surface area (TPSA) is 37.8 Å². The molecule has 0 aliphatic carbocycles. The van der Waals surface area contributed by atoms with Gasteiger partial charge >= 0.3 is 0 Å². The second-order valence-corrected chi connectivity index (χ2v) is 6.64. The lowest BCUT2D eigenvalue weighted by atomic mass is 9.86. The van der Waals surface area contributed by atoms with Gasteiger partial charge in [-0.1, -0.05) is 62.3 Å². The highest BCUT2D eigenvalue weighted by atomic mass is 35.5. The molecule has 0 spiro atoms. The third-order valence-electron chi connectivity index (χ3n) is 2.85. The zero-order chi connectivity index (χ0) is 14.8. The van der Waals surface area contributed by atoms with E-state index in [1.54, 1.807) is 6.07 Å². The number of anilines is 2. The van der Waals surface area contributed by atoms with Gasteiger partial charge in [-0.3, -0.25) is 0 Å². The highest BCUT2D eigenvalue weighted by Crippen LogP contribution is 2.31. The molecule has 1 heterocycles. The Kier molecular flexibility index (Phi) is 4.55. The predicted octanol–water partition coefficient (Wildman–Crippen LogP) is 4.89. The summed E-state index contributed by atoms with van der Waals surface area (Å²) < 4.78 is 0. The maximum Gasteiger partial charge on any atom is 0.190 e. The molecule has 0 atom stereocenters. The lowest BCUT2D eigenvalue weighted by Gasteiger charge is -2.23. The van der Waals surface area contributed by atoms with Crippen molar-refractivity contribution in [3.05, 3.63) is 41.0 Å². The van der Waals surface area contributed by atoms with Crippen molar-refractivity contribution in [2.24, 2.45) is 0 Å². The molecular formula is C15H18ClN3S. The number of rotatable bonds is 3. The van der Waals surface area contributed by atoms with E-state index in [0.29, 0.717) is 16.1 Å². The summed E-state index contributed by atoms with van der Waals surface area (Å²) in [6.45, 7) is 6.56. The van der Waals surface area contributed by atoms with Gasteiger partial charge < -0.3 is 5.32 Å². The van der Waals surface area contributed by atoms with E-state index in [1.807, 2.05) is 18.4 Å². The quantitative estimate of drug-likeness (QED) is 0.497. The van der Waals surface area contributed by atoms with E-state index < -0.39 is 0 Å². The second-order valence-electron chi connectivity index (χ2n) is 5.48. The minimum absolute atomic E-state index is 0.0583. The maximum absolute atomic E-state index is 6.02. The average molecular weight is 308 g/mol. The zero-order valence-corrected chi connectivity index (χ0v) is 13.6. The number of nitrogens with zero attached hydrogens (tertiary/aromatic N) is 2. The van der Waals surface area contributed by atoms with E-state index in [2.05, 4.69) is 48.2 Å². The molecule has 0 saturated heterocycles. The molecule has 0 unspecified atom stereocenters. The standard InChI is InChI=1S/C15H18ClN3S/c1-15(2,3)10-7-5-6-8-11(10)17-13-9-12(16)18-14(19-13)20-4/h5-9H,1-4H3,(H,17,18,19). The first-order chi connectivity index (χ1) is 9.40. The SMILES string of the molecule is CSc1nc(Cl)cc(Nc2ccccc2C(C)(C)C)n1. The van der Waals surface area contributed by atoms with E-state index in [4.69, 9.17) is 11.6 Å². The molecule has 2 rings (SSSR count). The largest absolute Gasteiger partial charge is 0.340 e. The summed E-state index contributed by atoms with van der Waals surface area (Å²) in [7, 11) is 0. The molecule has 0 bridgehead atoms. The number of benzene rings is 1. The normalized spacial score (nSPS) is 11.4. The van der Waals surface area contributed by atoms with E-state index in [0.717, 1.165) is 5.69 Å². The van der Waals surface area contributed by atoms with Crippen LogP contribution in [0.1, 0.15) is 26.3 Å². The third kappa shape index (κ3) is 3.64. The van der Waals surface area contributed by atoms with Gasteiger partial charge in [-0.05, 0) is 23.3 Å². The summed E-state index contributed by atoms with van der Waals surface area (Å²) in [6.07, 6.45) is 1.93. The third-order valence-corrected chi connectivity index (χ3v) is 3.60. The van der Waals surface area contributed by atoms with Crippen molar-refractivity contribution in [2.45, 2.75) is 31.3 Å². The Labute approximate surface area is 129 Å². The number of nitrogens with one attached hydrogen (secondary N) is 1. The van der Waals surface area contributed by atoms with Crippen molar-refractivity contribution in [2.75, 3.05) is 11.6 Å². The lowest BCUT2D eigenvalue weighted by Crippen LogP contribution is -2.13. The Morgan fingerprint density at radius 3 is 2.50 bits per heavy atom. The van der Waals surface area contributed by atoms with E-state index in [9.17, 15) is 0 Å². The number of aromatic nitrogens is 2. The second kappa shape index (κ2) is 6.02. The van der Waals surface area contributed by atoms with Gasteiger partial charge in [0.2, 0.25) is 0 Å². The van der Waals surface area contributed by atoms with Crippen LogP contribution in [0.5, 0.6) is 0 Å². The molecule has 1 N–H and O–H groups in total. The number of hydrogen-bond acceptors (Lipinski definition) is 4. The van der Waals surface area contributed by atoms with Crippen molar-refractivity contribution >= 4 is 34.9 Å². The Hall–Kier alpha value is -1.26. The summed E-state index contributed by atoms with van der Waals surface area (Å²) in [4.78, 5) is 8.57. The first-order valence-corrected chi connectivity index (χ1v) is 7.95. The van der Waals surface area contributed by atoms with Gasteiger partial charge in [0.25, 0.3) is 0 Å². The monoisotopic (exact) mass is 307 g/mol. The van der Waals surface area contributed by atoms with E-state index in [-0.39, 0.29) is 5.41 Å². The summed E-state index contributed by atoms with van der Waals surface area (Å²) >= 11 is 7.49. The average Bonchev–Trinajstić information content (AvgIpc) is 2.37. The van der Waals surface area contributed by atoms with Crippen LogP contribution >= 0.6 is 23.4 Å². The van der Waals surface area contributed by atoms with Gasteiger partial charge in [0.15, 0.2) is 5.16 Å². The molecule has 0 amide bonds. The number of halogens is 1. The molecule has 0 radical (unpaired) electrons. The van der Waals surface area contributed by atoms with Crippen LogP contribution in [-0.2, 0) is 5.41 Å². The lowest BCUT2D eigenvalue weighted by molar-refractivity contribution is 0.592. The molecular weight excluding hydrogens is 290 g/mol. The summed E-state index contributed by atoms with van der Waals surface area (Å²) in [5.74, 6) is 0.714. The van der Waals surface area contributed by atoms with Crippen LogP contribution in [-0.4, -0.2) is 16.2 Å². The molecule has 20 heavy (non-hydrogen) atoms. The Bertz CT molecular complexity index is 608. The van der Waals surface area contributed by atoms with Gasteiger partial charge in [-0.15, -0.1) is 0 Å². The maximum atomic E-state index is 6.02. The van der Waals surface area contributed by atoms with Gasteiger partial charge in [-0.25, -0.2) is 9.97 Å². The van der Waals surface area contributed by atoms with Gasteiger partial charge in [0.05, 0.1) is 0 Å². The molecule has 0 saturated carbocycles. The summed E-state index contributed by atoms with van der Waals surface area (Å²) in [6, 6.07) is 9.97. The van der Waals surface area contributed by atoms with Crippen molar-refractivity contribution < 1.29 is 0 Å². The number of para-hydroxylation sites is 1. The van der Waals surface area contributed by atoms with Gasteiger partial charge in [0, 0.05) is 11.8 Å². The fourth-order valence-electron chi connectivity index (χ4n) is 1.94. The highest BCUT2D eigenvalue weighted by Gasteiger charge is 2.17. The fourth-order valence-corrected chi connectivity index (χ4v) is 2.55. The Morgan fingerprint density at radius 2 is 1.85 bits per heavy atom. The first kappa shape index (κ1) is 15.1. The molecule has 106 valence electrons. The predicted molar refractivity (Wildman–Crippen MR) is 87.2 cm³/mol. The van der Waals surface area contributed by atoms with Crippen LogP contribution < -0.4 is 5.32 Å². The van der Waals surface area contributed by atoms with Gasteiger partial charge in [-0.2, -0.15) is 0 Å². The fraction of sp³-hybridized carbons (Fsp3) is 0.333. The van der Waals surface area contributed by atoms with Gasteiger partial charge in [0.1, 0.15) is 11.0 Å². The summed E-state index contributed by atoms with van der Waals surface area (Å²) in [5, 5.41) is 4.45. The van der Waals surface area contributed by atoms with Crippen molar-refractivity contribution in [3.63, 3.8) is 0 Å². The molecule has 3 nitrogen and oxygen atoms in total. The summed E-state index contributed by atoms with van der Waals surface area (Å²) in [5.41, 5.74) is 2.34. The van der Waals surface area contributed by atoms with Crippen LogP contribution in [0, 0.1) is 0 Å². The van der Waals surface area contributed by atoms with Crippen molar-refractivity contribution in [3.8, 4) is 0 Å². The molecule has 0 aliphatic heterocycles. The first-order valence-electron chi connectivity index (χ1n) is 6.35. The molecule has 1 aromatic carbocycles. The number of thioether (sulfide) groups is 1. The highest BCUT2D eigenvalue weighted by molar-refractivity contribution is 7.98. The minimum Gasteiger partial charge on any atom is -0.340 e. The number of hydrogen-bond donors (Lipinski definition) is 1. The van der Waals surface area contributed by atoms with Crippen molar-refractivity contribution in [1.82, 2.24) is 9.97 Å². The van der Waals surface area contributed by atoms with Crippen LogP contribution in [0.4, 0.5) is 11.5 Å². The van der Waals surface area contributed by atoms with Crippen LogP contribution in [0.25, 0.3) is 0 Å². The van der Waals surface area contributed by atoms with E-state index in [1.165, 1.54) is 17.3 Å². The minimum atomic E-state index is 0.0583. The molecule has 5 heteroatoms. The molecule has 0 aliphatic rings. The van der Waals surface area contributed by atoms with Crippen LogP contribution in [0.15, 0.2) is 35.5 Å². The van der Waals surface area contributed by atoms with Crippen LogP contribution in [0.2, 0.25) is 5.15 Å². The van der Waals surface area contributed by atoms with Crippen molar-refractivity contribution in [1.29, 1.82) is 0 Å². The van der Waals surface area contributed by atoms with E-state index >= 15 is 0 Å². The molecule has 2 aromatic rings. The smallest absolute Gasteiger partial charge is 0.190 e. The Morgan fingerprint density at radius 1 is 1.15 bits per heavy atom. The molecule has 0 fully saturated rings. The Balaban J connectivity index is 2.38. The molecule has 1 aromatic heterocycles. The van der Waals surface area contributed by atoms with Crippen LogP contribution in [0.3, 0.4) is 0 Å².